The van der Waals surface area contributed by atoms with E-state index in [1.165, 1.54) is 11.3 Å². The Balaban J connectivity index is 2.04. The van der Waals surface area contributed by atoms with Crippen LogP contribution in [0, 0.1) is 0 Å². The fraction of sp³-hybridized carbons (Fsp3) is 0.375. The van der Waals surface area contributed by atoms with E-state index in [2.05, 4.69) is 48.1 Å². The van der Waals surface area contributed by atoms with Crippen molar-refractivity contribution in [2.75, 3.05) is 0 Å². The molecule has 1 aromatic carbocycles. The predicted octanol–water partition coefficient (Wildman–Crippen LogP) is 4.40. The molecule has 19 heavy (non-hydrogen) atoms. The molecular weight excluding hydrogens is 256 g/mol. The predicted molar refractivity (Wildman–Crippen MR) is 81.4 cm³/mol. The first-order valence-corrected chi connectivity index (χ1v) is 7.25. The smallest absolute Gasteiger partial charge is 0.0409 e. The van der Waals surface area contributed by atoms with Gasteiger partial charge in [0.15, 0.2) is 0 Å². The maximum Gasteiger partial charge on any atom is 0.0409 e. The van der Waals surface area contributed by atoms with E-state index in [0.717, 1.165) is 24.5 Å². The number of nitrogens with zero attached hydrogens (tertiary/aromatic N) is 1. The van der Waals surface area contributed by atoms with Crippen LogP contribution < -0.4 is 5.32 Å². The molecule has 0 amide bonds. The van der Waals surface area contributed by atoms with Crippen molar-refractivity contribution in [3.8, 4) is 0 Å². The number of aromatic nitrogens is 1. The highest BCUT2D eigenvalue weighted by Gasteiger charge is 2.09. The minimum atomic E-state index is 0.346. The summed E-state index contributed by atoms with van der Waals surface area (Å²) in [4.78, 5) is 0. The average Bonchev–Trinajstić information content (AvgIpc) is 2.87. The van der Waals surface area contributed by atoms with Crippen LogP contribution >= 0.6 is 11.6 Å². The minimum absolute atomic E-state index is 0.346. The number of halogens is 1. The summed E-state index contributed by atoms with van der Waals surface area (Å²) in [6, 6.07) is 12.7. The normalized spacial score (nSPS) is 12.6. The second kappa shape index (κ2) is 6.78. The Morgan fingerprint density at radius 1 is 1.21 bits per heavy atom. The van der Waals surface area contributed by atoms with Crippen LogP contribution in [0.1, 0.15) is 37.6 Å². The Bertz CT molecular complexity index is 519. The van der Waals surface area contributed by atoms with Crippen LogP contribution in [0.2, 0.25) is 5.02 Å². The number of aryl methyl sites for hydroxylation is 1. The highest BCUT2D eigenvalue weighted by atomic mass is 35.5. The van der Waals surface area contributed by atoms with Crippen LogP contribution in [0.5, 0.6) is 0 Å². The molecule has 0 bridgehead atoms. The molecule has 0 spiro atoms. The van der Waals surface area contributed by atoms with Gasteiger partial charge in [0, 0.05) is 36.0 Å². The van der Waals surface area contributed by atoms with Crippen LogP contribution in [0.25, 0.3) is 0 Å². The number of hydrogen-bond donors (Lipinski definition) is 1. The molecule has 2 nitrogen and oxygen atoms in total. The quantitative estimate of drug-likeness (QED) is 0.827. The van der Waals surface area contributed by atoms with Crippen LogP contribution in [-0.2, 0) is 13.1 Å². The third kappa shape index (κ3) is 3.62. The molecule has 102 valence electrons. The highest BCUT2D eigenvalue weighted by Crippen LogP contribution is 2.20. The number of benzene rings is 1. The van der Waals surface area contributed by atoms with Crippen molar-refractivity contribution in [2.45, 2.75) is 39.4 Å². The summed E-state index contributed by atoms with van der Waals surface area (Å²) < 4.78 is 2.26. The van der Waals surface area contributed by atoms with Crippen LogP contribution in [-0.4, -0.2) is 4.57 Å². The first kappa shape index (κ1) is 14.2. The zero-order chi connectivity index (χ0) is 13.7. The Morgan fingerprint density at radius 3 is 2.74 bits per heavy atom. The third-order valence-electron chi connectivity index (χ3n) is 3.45. The van der Waals surface area contributed by atoms with Crippen molar-refractivity contribution < 1.29 is 0 Å². The molecule has 0 aliphatic heterocycles. The van der Waals surface area contributed by atoms with Gasteiger partial charge in [-0.15, -0.1) is 0 Å². The summed E-state index contributed by atoms with van der Waals surface area (Å²) in [5.74, 6) is 0. The lowest BCUT2D eigenvalue weighted by atomic mass is 10.0. The third-order valence-corrected chi connectivity index (χ3v) is 3.69. The summed E-state index contributed by atoms with van der Waals surface area (Å²) in [6.45, 7) is 6.25. The van der Waals surface area contributed by atoms with Gasteiger partial charge >= 0.3 is 0 Å². The molecule has 1 atom stereocenters. The largest absolute Gasteiger partial charge is 0.351 e. The summed E-state index contributed by atoms with van der Waals surface area (Å²) in [5.41, 5.74) is 2.58. The van der Waals surface area contributed by atoms with Crippen molar-refractivity contribution in [2.24, 2.45) is 0 Å². The van der Waals surface area contributed by atoms with Crippen LogP contribution in [0.4, 0.5) is 0 Å². The van der Waals surface area contributed by atoms with Crippen molar-refractivity contribution in [3.63, 3.8) is 0 Å². The zero-order valence-electron chi connectivity index (χ0n) is 11.6. The van der Waals surface area contributed by atoms with E-state index in [0.29, 0.717) is 6.04 Å². The van der Waals surface area contributed by atoms with E-state index >= 15 is 0 Å². The maximum atomic E-state index is 6.06. The van der Waals surface area contributed by atoms with E-state index in [1.54, 1.807) is 0 Å². The molecule has 2 aromatic rings. The molecule has 1 N–H and O–H groups in total. The van der Waals surface area contributed by atoms with Crippen molar-refractivity contribution in [3.05, 3.63) is 58.9 Å². The van der Waals surface area contributed by atoms with Gasteiger partial charge in [0.2, 0.25) is 0 Å². The van der Waals surface area contributed by atoms with Crippen molar-refractivity contribution in [1.82, 2.24) is 9.88 Å². The topological polar surface area (TPSA) is 17.0 Å². The molecule has 0 aliphatic rings. The first-order chi connectivity index (χ1) is 9.24. The summed E-state index contributed by atoms with van der Waals surface area (Å²) >= 11 is 6.06. The lowest BCUT2D eigenvalue weighted by Crippen LogP contribution is -2.21. The minimum Gasteiger partial charge on any atom is -0.351 e. The second-order valence-corrected chi connectivity index (χ2v) is 5.12. The molecular formula is C16H21ClN2. The van der Waals surface area contributed by atoms with Gasteiger partial charge in [-0.1, -0.05) is 30.7 Å². The molecule has 0 fully saturated rings. The lowest BCUT2D eigenvalue weighted by Gasteiger charge is -2.18. The van der Waals surface area contributed by atoms with E-state index in [1.807, 2.05) is 18.2 Å². The zero-order valence-corrected chi connectivity index (χ0v) is 12.3. The lowest BCUT2D eigenvalue weighted by molar-refractivity contribution is 0.504. The number of rotatable bonds is 6. The van der Waals surface area contributed by atoms with Crippen LogP contribution in [0.3, 0.4) is 0 Å². The molecule has 0 radical (unpaired) electrons. The maximum absolute atomic E-state index is 6.06. The molecule has 1 aromatic heterocycles. The van der Waals surface area contributed by atoms with E-state index < -0.39 is 0 Å². The average molecular weight is 277 g/mol. The first-order valence-electron chi connectivity index (χ1n) is 6.87. The van der Waals surface area contributed by atoms with Gasteiger partial charge in [-0.25, -0.2) is 0 Å². The van der Waals surface area contributed by atoms with Gasteiger partial charge in [0.05, 0.1) is 0 Å². The van der Waals surface area contributed by atoms with Crippen LogP contribution in [0.15, 0.2) is 42.6 Å². The number of hydrogen-bond acceptors (Lipinski definition) is 1. The summed E-state index contributed by atoms with van der Waals surface area (Å²) in [5, 5.41) is 4.41. The fourth-order valence-electron chi connectivity index (χ4n) is 2.37. The SMILES string of the molecule is CCC(NCc1cccn1CC)c1cccc(Cl)c1. The van der Waals surface area contributed by atoms with Gasteiger partial charge < -0.3 is 9.88 Å². The van der Waals surface area contributed by atoms with E-state index in [4.69, 9.17) is 11.6 Å². The Hall–Kier alpha value is -1.25. The van der Waals surface area contributed by atoms with Crippen molar-refractivity contribution >= 4 is 11.6 Å². The summed E-state index contributed by atoms with van der Waals surface area (Å²) in [7, 11) is 0. The highest BCUT2D eigenvalue weighted by molar-refractivity contribution is 6.30. The van der Waals surface area contributed by atoms with Gasteiger partial charge in [0.1, 0.15) is 0 Å². The monoisotopic (exact) mass is 276 g/mol. The summed E-state index contributed by atoms with van der Waals surface area (Å²) in [6.07, 6.45) is 3.17. The van der Waals surface area contributed by atoms with E-state index in [9.17, 15) is 0 Å². The van der Waals surface area contributed by atoms with E-state index in [-0.39, 0.29) is 0 Å². The van der Waals surface area contributed by atoms with Gasteiger partial charge in [-0.05, 0) is 43.2 Å². The Morgan fingerprint density at radius 2 is 2.05 bits per heavy atom. The van der Waals surface area contributed by atoms with Crippen molar-refractivity contribution in [1.29, 1.82) is 0 Å². The molecule has 1 unspecified atom stereocenters. The second-order valence-electron chi connectivity index (χ2n) is 4.68. The Labute approximate surface area is 120 Å². The molecule has 3 heteroatoms. The number of nitrogens with one attached hydrogen (secondary N) is 1. The molecule has 0 saturated carbocycles. The standard InChI is InChI=1S/C16H21ClN2/c1-3-16(13-7-5-8-14(17)11-13)18-12-15-9-6-10-19(15)4-2/h5-11,16,18H,3-4,12H2,1-2H3. The van der Waals surface area contributed by atoms with Gasteiger partial charge in [-0.3, -0.25) is 0 Å². The van der Waals surface area contributed by atoms with Gasteiger partial charge in [0.25, 0.3) is 0 Å². The molecule has 1 heterocycles. The fourth-order valence-corrected chi connectivity index (χ4v) is 2.57. The molecule has 0 aliphatic carbocycles. The molecule has 2 rings (SSSR count). The Kier molecular flexibility index (Phi) is 5.06. The van der Waals surface area contributed by atoms with Gasteiger partial charge in [-0.2, -0.15) is 0 Å². The molecule has 0 saturated heterocycles.